The molecule has 2 fully saturated rings. The van der Waals surface area contributed by atoms with Crippen LogP contribution in [0.5, 0.6) is 0 Å². The lowest BCUT2D eigenvalue weighted by molar-refractivity contribution is -0.128. The molecule has 1 saturated carbocycles. The van der Waals surface area contributed by atoms with Crippen molar-refractivity contribution in [2.45, 2.75) is 32.7 Å². The lowest BCUT2D eigenvalue weighted by Gasteiger charge is -2.21. The predicted octanol–water partition coefficient (Wildman–Crippen LogP) is 2.86. The second-order valence-electron chi connectivity index (χ2n) is 8.01. The number of nitrogens with one attached hydrogen (secondary N) is 1. The molecule has 8 nitrogen and oxygen atoms in total. The molecule has 2 aliphatic rings. The summed E-state index contributed by atoms with van der Waals surface area (Å²) in [6.07, 6.45) is 5.80. The number of nitriles is 1. The van der Waals surface area contributed by atoms with Gasteiger partial charge in [-0.2, -0.15) is 5.26 Å². The first-order valence-corrected chi connectivity index (χ1v) is 10.1. The maximum absolute atomic E-state index is 13.0. The van der Waals surface area contributed by atoms with Crippen LogP contribution >= 0.6 is 0 Å². The summed E-state index contributed by atoms with van der Waals surface area (Å²) in [5, 5.41) is 12.8. The highest BCUT2D eigenvalue weighted by Crippen LogP contribution is 2.51. The molecule has 0 bridgehead atoms. The fraction of sp³-hybridized carbons (Fsp3) is 0.409. The van der Waals surface area contributed by atoms with E-state index in [1.807, 2.05) is 12.1 Å². The number of carbonyl (C=O) groups is 2. The Morgan fingerprint density at radius 2 is 2.00 bits per heavy atom. The van der Waals surface area contributed by atoms with Gasteiger partial charge in [0, 0.05) is 51.2 Å². The van der Waals surface area contributed by atoms with Crippen LogP contribution in [0, 0.1) is 22.7 Å². The summed E-state index contributed by atoms with van der Waals surface area (Å²) in [6, 6.07) is 9.62. The van der Waals surface area contributed by atoms with Crippen molar-refractivity contribution >= 4 is 29.1 Å². The third-order valence-corrected chi connectivity index (χ3v) is 5.92. The zero-order valence-electron chi connectivity index (χ0n) is 17.1. The number of aromatic nitrogens is 2. The Kier molecular flexibility index (Phi) is 5.12. The van der Waals surface area contributed by atoms with E-state index < -0.39 is 5.41 Å². The monoisotopic (exact) mass is 404 g/mol. The molecule has 4 rings (SSSR count). The first-order chi connectivity index (χ1) is 14.4. The van der Waals surface area contributed by atoms with Crippen molar-refractivity contribution in [3.05, 3.63) is 42.2 Å². The molecule has 1 atom stereocenters. The lowest BCUT2D eigenvalue weighted by atomic mass is 9.83. The molecular weight excluding hydrogens is 380 g/mol. The molecule has 2 aromatic rings. The summed E-state index contributed by atoms with van der Waals surface area (Å²) in [6.45, 7) is 2.55. The molecule has 1 saturated heterocycles. The van der Waals surface area contributed by atoms with Gasteiger partial charge in [-0.3, -0.25) is 9.59 Å². The standard InChI is InChI=1S/C22H24N6O2/c1-15(29)27(2)13-16-5-8-24-19(11-16)26-20-12-18(6-9-25-20)28-10-7-22(14-23,21(28)30)17-3-4-17/h5-6,8-9,11-12,17H,3-4,7,10,13H2,1-2H3,(H,24,25,26)/t22-/m1/s1. The van der Waals surface area contributed by atoms with E-state index in [-0.39, 0.29) is 17.7 Å². The summed E-state index contributed by atoms with van der Waals surface area (Å²) >= 11 is 0. The number of carbonyl (C=O) groups excluding carboxylic acids is 2. The van der Waals surface area contributed by atoms with E-state index in [1.54, 1.807) is 41.4 Å². The normalized spacial score (nSPS) is 20.7. The second-order valence-corrected chi connectivity index (χ2v) is 8.01. The Hall–Kier alpha value is -3.47. The molecule has 8 heteroatoms. The Morgan fingerprint density at radius 3 is 2.67 bits per heavy atom. The Bertz CT molecular complexity index is 1030. The number of nitrogens with zero attached hydrogens (tertiary/aromatic N) is 5. The quantitative estimate of drug-likeness (QED) is 0.794. The van der Waals surface area contributed by atoms with Crippen LogP contribution in [0.4, 0.5) is 17.3 Å². The van der Waals surface area contributed by atoms with E-state index in [9.17, 15) is 14.9 Å². The topological polar surface area (TPSA) is 102 Å². The van der Waals surface area contributed by atoms with E-state index in [1.165, 1.54) is 6.92 Å². The van der Waals surface area contributed by atoms with Crippen LogP contribution in [0.3, 0.4) is 0 Å². The van der Waals surface area contributed by atoms with Crippen LogP contribution in [0.15, 0.2) is 36.7 Å². The molecule has 3 heterocycles. The summed E-state index contributed by atoms with van der Waals surface area (Å²) in [5.41, 5.74) is 0.803. The maximum atomic E-state index is 13.0. The Morgan fingerprint density at radius 1 is 1.30 bits per heavy atom. The largest absolute Gasteiger partial charge is 0.342 e. The average Bonchev–Trinajstić information content (AvgIpc) is 3.52. The highest BCUT2D eigenvalue weighted by molar-refractivity contribution is 6.02. The first-order valence-electron chi connectivity index (χ1n) is 10.1. The highest BCUT2D eigenvalue weighted by atomic mass is 16.2. The number of rotatable bonds is 6. The third-order valence-electron chi connectivity index (χ3n) is 5.92. The molecule has 0 aromatic carbocycles. The van der Waals surface area contributed by atoms with Crippen molar-refractivity contribution in [3.63, 3.8) is 0 Å². The van der Waals surface area contributed by atoms with Crippen LogP contribution in [0.25, 0.3) is 0 Å². The number of amides is 2. The Balaban J connectivity index is 1.50. The van der Waals surface area contributed by atoms with E-state index >= 15 is 0 Å². The van der Waals surface area contributed by atoms with Crippen LogP contribution in [-0.2, 0) is 16.1 Å². The summed E-state index contributed by atoms with van der Waals surface area (Å²) in [7, 11) is 1.75. The predicted molar refractivity (Wildman–Crippen MR) is 112 cm³/mol. The molecule has 1 N–H and O–H groups in total. The van der Waals surface area contributed by atoms with Gasteiger partial charge in [0.05, 0.1) is 6.07 Å². The van der Waals surface area contributed by atoms with Crippen molar-refractivity contribution in [2.75, 3.05) is 23.8 Å². The minimum atomic E-state index is -0.866. The number of hydrogen-bond donors (Lipinski definition) is 1. The molecule has 1 aliphatic carbocycles. The van der Waals surface area contributed by atoms with E-state index in [4.69, 9.17) is 0 Å². The zero-order valence-corrected chi connectivity index (χ0v) is 17.1. The van der Waals surface area contributed by atoms with Crippen LogP contribution in [0.1, 0.15) is 31.7 Å². The third kappa shape index (κ3) is 3.71. The van der Waals surface area contributed by atoms with Crippen molar-refractivity contribution in [3.8, 4) is 6.07 Å². The second kappa shape index (κ2) is 7.75. The van der Waals surface area contributed by atoms with Gasteiger partial charge in [0.1, 0.15) is 17.1 Å². The Labute approximate surface area is 175 Å². The number of anilines is 3. The van der Waals surface area contributed by atoms with Crippen molar-refractivity contribution in [1.82, 2.24) is 14.9 Å². The van der Waals surface area contributed by atoms with E-state index in [0.717, 1.165) is 24.1 Å². The van der Waals surface area contributed by atoms with E-state index in [0.29, 0.717) is 31.1 Å². The van der Waals surface area contributed by atoms with Gasteiger partial charge in [0.15, 0.2) is 0 Å². The molecule has 30 heavy (non-hydrogen) atoms. The molecule has 2 amide bonds. The fourth-order valence-corrected chi connectivity index (χ4v) is 3.95. The molecule has 0 spiro atoms. The van der Waals surface area contributed by atoms with Crippen molar-refractivity contribution in [1.29, 1.82) is 5.26 Å². The summed E-state index contributed by atoms with van der Waals surface area (Å²) in [5.74, 6) is 1.25. The average molecular weight is 404 g/mol. The van der Waals surface area contributed by atoms with Gasteiger partial charge < -0.3 is 15.1 Å². The number of hydrogen-bond acceptors (Lipinski definition) is 6. The van der Waals surface area contributed by atoms with Crippen molar-refractivity contribution < 1.29 is 9.59 Å². The molecule has 0 unspecified atom stereocenters. The lowest BCUT2D eigenvalue weighted by Crippen LogP contribution is -2.35. The minimum Gasteiger partial charge on any atom is -0.342 e. The van der Waals surface area contributed by atoms with Crippen LogP contribution in [-0.4, -0.2) is 40.3 Å². The van der Waals surface area contributed by atoms with Gasteiger partial charge in [0.25, 0.3) is 0 Å². The minimum absolute atomic E-state index is 0.00869. The first kappa shape index (κ1) is 19.8. The van der Waals surface area contributed by atoms with Gasteiger partial charge in [-0.05, 0) is 48.9 Å². The van der Waals surface area contributed by atoms with Gasteiger partial charge in [-0.25, -0.2) is 9.97 Å². The SMILES string of the molecule is CC(=O)N(C)Cc1ccnc(Nc2cc(N3CC[C@@](C#N)(C4CC4)C3=O)ccn2)c1. The zero-order chi connectivity index (χ0) is 21.3. The fourth-order valence-electron chi connectivity index (χ4n) is 3.95. The molecule has 2 aromatic heterocycles. The molecule has 154 valence electrons. The van der Waals surface area contributed by atoms with Gasteiger partial charge in [0.2, 0.25) is 11.8 Å². The summed E-state index contributed by atoms with van der Waals surface area (Å²) < 4.78 is 0. The van der Waals surface area contributed by atoms with E-state index in [2.05, 4.69) is 21.4 Å². The molecule has 1 aliphatic heterocycles. The van der Waals surface area contributed by atoms with Crippen LogP contribution in [0.2, 0.25) is 0 Å². The van der Waals surface area contributed by atoms with Crippen molar-refractivity contribution in [2.24, 2.45) is 11.3 Å². The van der Waals surface area contributed by atoms with Crippen LogP contribution < -0.4 is 10.2 Å². The molecular formula is C22H24N6O2. The summed E-state index contributed by atoms with van der Waals surface area (Å²) in [4.78, 5) is 36.5. The van der Waals surface area contributed by atoms with Gasteiger partial charge >= 0.3 is 0 Å². The highest BCUT2D eigenvalue weighted by Gasteiger charge is 2.56. The van der Waals surface area contributed by atoms with Gasteiger partial charge in [-0.15, -0.1) is 0 Å². The smallest absolute Gasteiger partial charge is 0.247 e. The molecule has 0 radical (unpaired) electrons. The number of pyridine rings is 2. The van der Waals surface area contributed by atoms with Gasteiger partial charge in [-0.1, -0.05) is 0 Å². The maximum Gasteiger partial charge on any atom is 0.247 e.